The summed E-state index contributed by atoms with van der Waals surface area (Å²) in [7, 11) is 2.18. The number of likely N-dealkylation sites (N-methyl/N-ethyl adjacent to an activating group) is 1. The van der Waals surface area contributed by atoms with Crippen molar-refractivity contribution in [3.05, 3.63) is 65.4 Å². The molecule has 0 radical (unpaired) electrons. The minimum atomic E-state index is 0.579. The van der Waals surface area contributed by atoms with Gasteiger partial charge >= 0.3 is 0 Å². The van der Waals surface area contributed by atoms with Crippen LogP contribution in [0.5, 0.6) is 0 Å². The van der Waals surface area contributed by atoms with Crippen LogP contribution < -0.4 is 4.90 Å². The number of nitrogens with zero attached hydrogens (tertiary/aromatic N) is 1. The zero-order valence-corrected chi connectivity index (χ0v) is 11.8. The second-order valence-corrected chi connectivity index (χ2v) is 5.39. The zero-order valence-electron chi connectivity index (χ0n) is 11.8. The molecular weight excluding hydrogens is 230 g/mol. The van der Waals surface area contributed by atoms with Crippen molar-refractivity contribution in [2.45, 2.75) is 26.2 Å². The molecule has 19 heavy (non-hydrogen) atoms. The number of allylic oxidation sites excluding steroid dienone is 5. The molecular formula is C18H21N. The molecule has 1 heteroatoms. The monoisotopic (exact) mass is 251 g/mol. The van der Waals surface area contributed by atoms with E-state index in [2.05, 4.69) is 67.4 Å². The average Bonchev–Trinajstić information content (AvgIpc) is 2.73. The van der Waals surface area contributed by atoms with Crippen molar-refractivity contribution in [1.29, 1.82) is 0 Å². The minimum Gasteiger partial charge on any atom is -0.344 e. The summed E-state index contributed by atoms with van der Waals surface area (Å²) in [6, 6.07) is 8.75. The topological polar surface area (TPSA) is 3.24 Å². The molecule has 98 valence electrons. The first-order valence-electron chi connectivity index (χ1n) is 7.20. The highest BCUT2D eigenvalue weighted by molar-refractivity contribution is 5.63. The van der Waals surface area contributed by atoms with Crippen molar-refractivity contribution in [2.75, 3.05) is 11.9 Å². The number of anilines is 1. The number of aryl methyl sites for hydroxylation is 1. The molecule has 0 saturated heterocycles. The van der Waals surface area contributed by atoms with Crippen LogP contribution in [0.1, 0.15) is 25.3 Å². The molecule has 0 spiro atoms. The summed E-state index contributed by atoms with van der Waals surface area (Å²) in [6.07, 6.45) is 12.8. The van der Waals surface area contributed by atoms with E-state index in [9.17, 15) is 0 Å². The SMILES string of the molecule is CCC1C=CC2=C(C=C1)N(C)c1ccccc1CC2. The molecule has 1 aromatic rings. The van der Waals surface area contributed by atoms with Gasteiger partial charge in [-0.05, 0) is 48.5 Å². The van der Waals surface area contributed by atoms with E-state index in [1.165, 1.54) is 28.9 Å². The summed E-state index contributed by atoms with van der Waals surface area (Å²) in [5.74, 6) is 0.579. The van der Waals surface area contributed by atoms with E-state index >= 15 is 0 Å². The van der Waals surface area contributed by atoms with Gasteiger partial charge in [0.25, 0.3) is 0 Å². The predicted octanol–water partition coefficient (Wildman–Crippen LogP) is 4.48. The fraction of sp³-hybridized carbons (Fsp3) is 0.333. The Bertz CT molecular complexity index is 563. The molecule has 0 bridgehead atoms. The van der Waals surface area contributed by atoms with Crippen molar-refractivity contribution >= 4 is 5.69 Å². The number of benzene rings is 1. The predicted molar refractivity (Wildman–Crippen MR) is 82.3 cm³/mol. The normalized spacial score (nSPS) is 21.8. The number of rotatable bonds is 1. The maximum atomic E-state index is 2.35. The number of hydrogen-bond donors (Lipinski definition) is 0. The van der Waals surface area contributed by atoms with Gasteiger partial charge in [-0.2, -0.15) is 0 Å². The second-order valence-electron chi connectivity index (χ2n) is 5.39. The summed E-state index contributed by atoms with van der Waals surface area (Å²) in [5.41, 5.74) is 5.62. The number of para-hydroxylation sites is 1. The Morgan fingerprint density at radius 3 is 2.74 bits per heavy atom. The summed E-state index contributed by atoms with van der Waals surface area (Å²) < 4.78 is 0. The molecule has 1 atom stereocenters. The molecule has 0 N–H and O–H groups in total. The van der Waals surface area contributed by atoms with Crippen LogP contribution in [-0.4, -0.2) is 7.05 Å². The lowest BCUT2D eigenvalue weighted by Crippen LogP contribution is -2.16. The molecule has 1 aromatic carbocycles. The number of fused-ring (bicyclic) bond motifs is 1. The highest BCUT2D eigenvalue weighted by Gasteiger charge is 2.18. The van der Waals surface area contributed by atoms with Gasteiger partial charge < -0.3 is 4.90 Å². The maximum Gasteiger partial charge on any atom is 0.0440 e. The van der Waals surface area contributed by atoms with Gasteiger partial charge in [0.2, 0.25) is 0 Å². The van der Waals surface area contributed by atoms with E-state index in [1.807, 2.05) is 0 Å². The van der Waals surface area contributed by atoms with Gasteiger partial charge in [-0.25, -0.2) is 0 Å². The summed E-state index contributed by atoms with van der Waals surface area (Å²) in [4.78, 5) is 2.34. The quantitative estimate of drug-likeness (QED) is 0.711. The third-order valence-corrected chi connectivity index (χ3v) is 4.22. The molecule has 1 aliphatic heterocycles. The van der Waals surface area contributed by atoms with Crippen molar-refractivity contribution in [1.82, 2.24) is 0 Å². The standard InChI is InChI=1S/C18H21N/c1-3-14-8-10-16-12-11-15-6-4-5-7-17(15)19(2)18(16)13-9-14/h4-10,13-14H,3,11-12H2,1-2H3. The van der Waals surface area contributed by atoms with Gasteiger partial charge in [-0.15, -0.1) is 0 Å². The van der Waals surface area contributed by atoms with Gasteiger partial charge in [-0.1, -0.05) is 43.4 Å². The maximum absolute atomic E-state index is 2.35. The molecule has 3 rings (SSSR count). The summed E-state index contributed by atoms with van der Waals surface area (Å²) in [5, 5.41) is 0. The van der Waals surface area contributed by atoms with E-state index < -0.39 is 0 Å². The fourth-order valence-corrected chi connectivity index (χ4v) is 2.97. The van der Waals surface area contributed by atoms with Crippen LogP contribution in [0, 0.1) is 5.92 Å². The van der Waals surface area contributed by atoms with E-state index in [4.69, 9.17) is 0 Å². The minimum absolute atomic E-state index is 0.579. The van der Waals surface area contributed by atoms with Gasteiger partial charge in [0, 0.05) is 18.4 Å². The van der Waals surface area contributed by atoms with Crippen LogP contribution in [0.25, 0.3) is 0 Å². The lowest BCUT2D eigenvalue weighted by atomic mass is 10.0. The van der Waals surface area contributed by atoms with Crippen molar-refractivity contribution in [3.8, 4) is 0 Å². The molecule has 1 heterocycles. The van der Waals surface area contributed by atoms with E-state index in [1.54, 1.807) is 0 Å². The van der Waals surface area contributed by atoms with E-state index in [0.717, 1.165) is 12.8 Å². The Labute approximate surface area is 115 Å². The fourth-order valence-electron chi connectivity index (χ4n) is 2.97. The molecule has 0 amide bonds. The third kappa shape index (κ3) is 2.25. The average molecular weight is 251 g/mol. The zero-order chi connectivity index (χ0) is 13.2. The Balaban J connectivity index is 2.03. The van der Waals surface area contributed by atoms with E-state index in [-0.39, 0.29) is 0 Å². The first kappa shape index (κ1) is 12.3. The second kappa shape index (κ2) is 5.08. The molecule has 1 unspecified atom stereocenters. The van der Waals surface area contributed by atoms with Crippen molar-refractivity contribution in [2.24, 2.45) is 5.92 Å². The van der Waals surface area contributed by atoms with Gasteiger partial charge in [0.15, 0.2) is 0 Å². The van der Waals surface area contributed by atoms with Gasteiger partial charge in [-0.3, -0.25) is 0 Å². The highest BCUT2D eigenvalue weighted by Crippen LogP contribution is 2.33. The molecule has 2 aliphatic rings. The number of hydrogen-bond acceptors (Lipinski definition) is 1. The molecule has 1 aliphatic carbocycles. The lowest BCUT2D eigenvalue weighted by Gasteiger charge is -2.22. The van der Waals surface area contributed by atoms with Crippen LogP contribution in [0.15, 0.2) is 59.8 Å². The van der Waals surface area contributed by atoms with Crippen LogP contribution in [0.2, 0.25) is 0 Å². The summed E-state index contributed by atoms with van der Waals surface area (Å²) >= 11 is 0. The first-order chi connectivity index (χ1) is 9.29. The van der Waals surface area contributed by atoms with Crippen LogP contribution in [-0.2, 0) is 6.42 Å². The lowest BCUT2D eigenvalue weighted by molar-refractivity contribution is 0.774. The van der Waals surface area contributed by atoms with Crippen LogP contribution in [0.3, 0.4) is 0 Å². The van der Waals surface area contributed by atoms with Crippen molar-refractivity contribution < 1.29 is 0 Å². The van der Waals surface area contributed by atoms with Crippen LogP contribution in [0.4, 0.5) is 5.69 Å². The molecule has 0 aromatic heterocycles. The summed E-state index contributed by atoms with van der Waals surface area (Å²) in [6.45, 7) is 2.24. The highest BCUT2D eigenvalue weighted by atomic mass is 15.1. The Hall–Kier alpha value is -1.76. The molecule has 0 fully saturated rings. The Morgan fingerprint density at radius 1 is 1.11 bits per heavy atom. The van der Waals surface area contributed by atoms with Crippen LogP contribution >= 0.6 is 0 Å². The smallest absolute Gasteiger partial charge is 0.0440 e. The molecule has 1 nitrogen and oxygen atoms in total. The van der Waals surface area contributed by atoms with E-state index in [0.29, 0.717) is 5.92 Å². The Kier molecular flexibility index (Phi) is 3.29. The third-order valence-electron chi connectivity index (χ3n) is 4.22. The van der Waals surface area contributed by atoms with Crippen molar-refractivity contribution in [3.63, 3.8) is 0 Å². The van der Waals surface area contributed by atoms with Gasteiger partial charge in [0.1, 0.15) is 0 Å². The molecule has 0 saturated carbocycles. The largest absolute Gasteiger partial charge is 0.344 e. The Morgan fingerprint density at radius 2 is 1.89 bits per heavy atom. The first-order valence-corrected chi connectivity index (χ1v) is 7.20. The van der Waals surface area contributed by atoms with Gasteiger partial charge in [0.05, 0.1) is 0 Å².